The average molecular weight is 335 g/mol. The lowest BCUT2D eigenvalue weighted by Crippen LogP contribution is -2.15. The highest BCUT2D eigenvalue weighted by molar-refractivity contribution is 7.14. The Labute approximate surface area is 132 Å². The first-order chi connectivity index (χ1) is 10.2. The summed E-state index contributed by atoms with van der Waals surface area (Å²) in [6, 6.07) is 0. The predicted octanol–water partition coefficient (Wildman–Crippen LogP) is 6.01. The number of ether oxygens (including phenoxy) is 1. The fourth-order valence-corrected chi connectivity index (χ4v) is 3.24. The van der Waals surface area contributed by atoms with Gasteiger partial charge in [0.2, 0.25) is 0 Å². The van der Waals surface area contributed by atoms with E-state index in [-0.39, 0.29) is 5.92 Å². The Kier molecular flexibility index (Phi) is 6.93. The molecule has 1 heterocycles. The van der Waals surface area contributed by atoms with Gasteiger partial charge in [-0.2, -0.15) is 8.78 Å². The number of halogens is 3. The highest BCUT2D eigenvalue weighted by Crippen LogP contribution is 2.38. The van der Waals surface area contributed by atoms with Crippen molar-refractivity contribution < 1.29 is 22.7 Å². The molecule has 0 saturated carbocycles. The summed E-state index contributed by atoms with van der Waals surface area (Å²) >= 11 is 1.39. The number of rotatable bonds is 6. The molecule has 0 fully saturated rings. The first kappa shape index (κ1) is 18.5. The van der Waals surface area contributed by atoms with E-state index in [0.717, 1.165) is 11.1 Å². The summed E-state index contributed by atoms with van der Waals surface area (Å²) in [6.07, 6.45) is -3.79. The molecule has 0 unspecified atom stereocenters. The van der Waals surface area contributed by atoms with E-state index in [1.165, 1.54) is 11.3 Å². The van der Waals surface area contributed by atoms with E-state index in [9.17, 15) is 18.0 Å². The van der Waals surface area contributed by atoms with Crippen LogP contribution in [0.15, 0.2) is 17.3 Å². The van der Waals surface area contributed by atoms with Crippen LogP contribution in [0.25, 0.3) is 0 Å². The first-order valence-corrected chi connectivity index (χ1v) is 7.86. The van der Waals surface area contributed by atoms with Crippen LogP contribution in [-0.2, 0) is 4.74 Å². The molecule has 1 N–H and O–H groups in total. The van der Waals surface area contributed by atoms with Gasteiger partial charge in [-0.3, -0.25) is 5.32 Å². The number of nitrogens with one attached hydrogen (secondary N) is 1. The zero-order valence-corrected chi connectivity index (χ0v) is 13.8. The molecule has 0 bridgehead atoms. The van der Waals surface area contributed by atoms with Crippen LogP contribution >= 0.6 is 11.3 Å². The van der Waals surface area contributed by atoms with Crippen LogP contribution in [-0.4, -0.2) is 12.7 Å². The second-order valence-corrected chi connectivity index (χ2v) is 6.30. The molecule has 1 amide bonds. The maximum absolute atomic E-state index is 12.6. The number of anilines is 1. The molecule has 7 heteroatoms. The van der Waals surface area contributed by atoms with E-state index in [1.54, 1.807) is 0 Å². The third-order valence-corrected chi connectivity index (χ3v) is 3.96. The van der Waals surface area contributed by atoms with Crippen LogP contribution in [0, 0.1) is 0 Å². The molecule has 0 aliphatic rings. The van der Waals surface area contributed by atoms with Gasteiger partial charge in [0.25, 0.3) is 0 Å². The minimum atomic E-state index is -2.38. The Hall–Kier alpha value is -1.50. The molecule has 0 aliphatic carbocycles. The summed E-state index contributed by atoms with van der Waals surface area (Å²) in [6.45, 7) is 7.74. The normalized spacial score (nSPS) is 11.0. The lowest BCUT2D eigenvalue weighted by atomic mass is 9.94. The molecule has 3 nitrogen and oxygen atoms in total. The Morgan fingerprint density at radius 3 is 2.36 bits per heavy atom. The summed E-state index contributed by atoms with van der Waals surface area (Å²) in [5, 5.41) is 5.26. The fraction of sp³-hybridized carbons (Fsp3) is 0.533. The van der Waals surface area contributed by atoms with Crippen molar-refractivity contribution in [1.29, 1.82) is 0 Å². The molecule has 0 radical (unpaired) electrons. The van der Waals surface area contributed by atoms with Gasteiger partial charge < -0.3 is 4.74 Å². The predicted molar refractivity (Wildman–Crippen MR) is 82.4 cm³/mol. The second-order valence-electron chi connectivity index (χ2n) is 5.42. The van der Waals surface area contributed by atoms with Gasteiger partial charge in [0.15, 0.2) is 5.83 Å². The average Bonchev–Trinajstić information content (AvgIpc) is 2.82. The number of carbonyl (C=O) groups excluding carboxylic acids is 1. The van der Waals surface area contributed by atoms with Gasteiger partial charge in [0.05, 0.1) is 6.61 Å². The van der Waals surface area contributed by atoms with Crippen molar-refractivity contribution in [1.82, 2.24) is 0 Å². The van der Waals surface area contributed by atoms with E-state index in [1.807, 2.05) is 19.2 Å². The minimum Gasteiger partial charge on any atom is -0.449 e. The lowest BCUT2D eigenvalue weighted by Gasteiger charge is -2.14. The summed E-state index contributed by atoms with van der Waals surface area (Å²) in [4.78, 5) is 11.7. The molecule has 124 valence electrons. The van der Waals surface area contributed by atoms with Crippen molar-refractivity contribution in [2.45, 2.75) is 46.0 Å². The molecule has 0 spiro atoms. The maximum Gasteiger partial charge on any atom is 0.412 e. The van der Waals surface area contributed by atoms with E-state index < -0.39 is 31.0 Å². The molecule has 1 aromatic heterocycles. The number of carbonyl (C=O) groups is 1. The third-order valence-electron chi connectivity index (χ3n) is 3.03. The monoisotopic (exact) mass is 335 g/mol. The van der Waals surface area contributed by atoms with Crippen molar-refractivity contribution in [2.75, 3.05) is 11.9 Å². The van der Waals surface area contributed by atoms with E-state index in [0.29, 0.717) is 10.9 Å². The maximum atomic E-state index is 12.6. The van der Waals surface area contributed by atoms with E-state index in [2.05, 4.69) is 19.2 Å². The molecule has 1 rings (SSSR count). The summed E-state index contributed by atoms with van der Waals surface area (Å²) in [5.41, 5.74) is 2.20. The smallest absolute Gasteiger partial charge is 0.412 e. The topological polar surface area (TPSA) is 38.3 Å². The summed E-state index contributed by atoms with van der Waals surface area (Å²) in [7, 11) is 0. The van der Waals surface area contributed by atoms with Crippen LogP contribution in [0.1, 0.15) is 57.1 Å². The molecular weight excluding hydrogens is 315 g/mol. The van der Waals surface area contributed by atoms with Gasteiger partial charge in [-0.15, -0.1) is 11.3 Å². The highest BCUT2D eigenvalue weighted by atomic mass is 32.1. The lowest BCUT2D eigenvalue weighted by molar-refractivity contribution is 0.160. The Balaban J connectivity index is 2.67. The van der Waals surface area contributed by atoms with Crippen molar-refractivity contribution in [3.05, 3.63) is 28.4 Å². The van der Waals surface area contributed by atoms with Crippen LogP contribution in [0.5, 0.6) is 0 Å². The molecule has 0 saturated heterocycles. The van der Waals surface area contributed by atoms with Crippen LogP contribution in [0.3, 0.4) is 0 Å². The van der Waals surface area contributed by atoms with Crippen LogP contribution in [0.4, 0.5) is 23.0 Å². The Morgan fingerprint density at radius 1 is 1.23 bits per heavy atom. The van der Waals surface area contributed by atoms with Crippen molar-refractivity contribution in [2.24, 2.45) is 0 Å². The molecular formula is C15H20F3NO2S. The quantitative estimate of drug-likeness (QED) is 0.691. The second kappa shape index (κ2) is 8.22. The van der Waals surface area contributed by atoms with Crippen molar-refractivity contribution in [3.63, 3.8) is 0 Å². The highest BCUT2D eigenvalue weighted by Gasteiger charge is 2.19. The summed E-state index contributed by atoms with van der Waals surface area (Å²) in [5.74, 6) is -1.01. The Morgan fingerprint density at radius 2 is 1.86 bits per heavy atom. The van der Waals surface area contributed by atoms with E-state index in [4.69, 9.17) is 4.74 Å². The van der Waals surface area contributed by atoms with Gasteiger partial charge in [-0.25, -0.2) is 9.18 Å². The number of hydrogen-bond acceptors (Lipinski definition) is 3. The zero-order chi connectivity index (χ0) is 16.9. The largest absolute Gasteiger partial charge is 0.449 e. The minimum absolute atomic E-state index is 0.222. The Bertz CT molecular complexity index is 549. The van der Waals surface area contributed by atoms with Crippen molar-refractivity contribution >= 4 is 22.4 Å². The van der Waals surface area contributed by atoms with Gasteiger partial charge in [-0.05, 0) is 28.3 Å². The molecule has 22 heavy (non-hydrogen) atoms. The van der Waals surface area contributed by atoms with Gasteiger partial charge in [-0.1, -0.05) is 27.7 Å². The summed E-state index contributed by atoms with van der Waals surface area (Å²) < 4.78 is 41.0. The first-order valence-electron chi connectivity index (χ1n) is 6.98. The fourth-order valence-electron chi connectivity index (χ4n) is 1.98. The van der Waals surface area contributed by atoms with Crippen LogP contribution < -0.4 is 5.32 Å². The van der Waals surface area contributed by atoms with E-state index >= 15 is 0 Å². The standard InChI is InChI=1S/C15H20F3NO2S/c1-8(2)10-7-22-14(12(10)9(3)4)19-15(20)21-6-5-11(16)13(17)18/h7-9H,5-6H2,1-4H3,(H,19,20). The zero-order valence-electron chi connectivity index (χ0n) is 13.0. The van der Waals surface area contributed by atoms with Gasteiger partial charge >= 0.3 is 12.2 Å². The molecule has 1 aromatic rings. The van der Waals surface area contributed by atoms with Crippen LogP contribution in [0.2, 0.25) is 0 Å². The number of amides is 1. The number of hydrogen-bond donors (Lipinski definition) is 1. The van der Waals surface area contributed by atoms with Gasteiger partial charge in [0.1, 0.15) is 5.00 Å². The number of thiophene rings is 1. The SMILES string of the molecule is CC(C)c1csc(NC(=O)OCCC(F)=C(F)F)c1C(C)C. The molecule has 0 atom stereocenters. The molecule has 0 aromatic carbocycles. The van der Waals surface area contributed by atoms with Crippen molar-refractivity contribution in [3.8, 4) is 0 Å². The molecule has 0 aliphatic heterocycles. The third kappa shape index (κ3) is 5.05. The van der Waals surface area contributed by atoms with Gasteiger partial charge in [0, 0.05) is 6.42 Å².